The van der Waals surface area contributed by atoms with Crippen molar-refractivity contribution in [2.75, 3.05) is 27.3 Å². The third-order valence-corrected chi connectivity index (χ3v) is 6.93. The van der Waals surface area contributed by atoms with E-state index in [1.807, 2.05) is 12.1 Å². The van der Waals surface area contributed by atoms with E-state index in [0.717, 1.165) is 36.6 Å². The van der Waals surface area contributed by atoms with Crippen LogP contribution in [-0.2, 0) is 16.1 Å². The Labute approximate surface area is 199 Å². The van der Waals surface area contributed by atoms with Crippen LogP contribution in [0.2, 0.25) is 0 Å². The number of thiocarbonyl (C=S) groups is 1. The first-order chi connectivity index (χ1) is 16.0. The van der Waals surface area contributed by atoms with E-state index in [4.69, 9.17) is 31.3 Å². The Morgan fingerprint density at radius 3 is 2.64 bits per heavy atom. The SMILES string of the molecule is COc1ccc(CNC(=O)OC2=NOC3(CCN(C(=S)NC4CCCC4)CC3)C2)cc1OC. The Bertz CT molecular complexity index is 895. The number of ether oxygens (including phenoxy) is 3. The van der Waals surface area contributed by atoms with Gasteiger partial charge in [-0.3, -0.25) is 0 Å². The molecule has 0 aromatic heterocycles. The summed E-state index contributed by atoms with van der Waals surface area (Å²) in [5, 5.41) is 11.1. The van der Waals surface area contributed by atoms with E-state index in [1.54, 1.807) is 20.3 Å². The maximum absolute atomic E-state index is 12.3. The van der Waals surface area contributed by atoms with Gasteiger partial charge in [0.2, 0.25) is 5.90 Å². The van der Waals surface area contributed by atoms with Crippen LogP contribution in [0.1, 0.15) is 50.5 Å². The van der Waals surface area contributed by atoms with Gasteiger partial charge in [-0.05, 0) is 42.8 Å². The van der Waals surface area contributed by atoms with Crippen LogP contribution >= 0.6 is 12.2 Å². The average Bonchev–Trinajstić information content (AvgIpc) is 3.48. The van der Waals surface area contributed by atoms with Crippen LogP contribution in [0.3, 0.4) is 0 Å². The van der Waals surface area contributed by atoms with E-state index in [1.165, 1.54) is 25.7 Å². The Balaban J connectivity index is 1.20. The maximum Gasteiger partial charge on any atom is 0.414 e. The number of benzene rings is 1. The zero-order valence-corrected chi connectivity index (χ0v) is 20.0. The molecule has 1 saturated heterocycles. The largest absolute Gasteiger partial charge is 0.493 e. The first-order valence-electron chi connectivity index (χ1n) is 11.5. The highest BCUT2D eigenvalue weighted by Gasteiger charge is 2.44. The molecule has 4 rings (SSSR count). The molecule has 1 aromatic carbocycles. The van der Waals surface area contributed by atoms with Crippen molar-refractivity contribution in [1.82, 2.24) is 15.5 Å². The molecule has 9 nitrogen and oxygen atoms in total. The highest BCUT2D eigenvalue weighted by Crippen LogP contribution is 2.35. The lowest BCUT2D eigenvalue weighted by Gasteiger charge is -2.38. The number of nitrogens with zero attached hydrogens (tertiary/aromatic N) is 2. The fourth-order valence-corrected chi connectivity index (χ4v) is 4.92. The van der Waals surface area contributed by atoms with E-state index < -0.39 is 11.7 Å². The second-order valence-electron chi connectivity index (χ2n) is 8.79. The van der Waals surface area contributed by atoms with Gasteiger partial charge in [-0.2, -0.15) is 0 Å². The van der Waals surface area contributed by atoms with Gasteiger partial charge in [0.1, 0.15) is 5.60 Å². The molecular formula is C23H32N4O5S. The average molecular weight is 477 g/mol. The summed E-state index contributed by atoms with van der Waals surface area (Å²) in [6, 6.07) is 5.97. The second-order valence-corrected chi connectivity index (χ2v) is 9.17. The number of carbonyl (C=O) groups is 1. The van der Waals surface area contributed by atoms with Crippen molar-refractivity contribution in [3.63, 3.8) is 0 Å². The quantitative estimate of drug-likeness (QED) is 0.626. The van der Waals surface area contributed by atoms with Gasteiger partial charge in [0.25, 0.3) is 0 Å². The molecule has 1 amide bonds. The smallest absolute Gasteiger partial charge is 0.414 e. The van der Waals surface area contributed by atoms with E-state index in [-0.39, 0.29) is 0 Å². The van der Waals surface area contributed by atoms with Crippen LogP contribution in [0.15, 0.2) is 23.4 Å². The summed E-state index contributed by atoms with van der Waals surface area (Å²) < 4.78 is 15.9. The summed E-state index contributed by atoms with van der Waals surface area (Å²) in [6.07, 6.45) is 6.43. The number of nitrogens with one attached hydrogen (secondary N) is 2. The molecule has 10 heteroatoms. The van der Waals surface area contributed by atoms with E-state index in [2.05, 4.69) is 20.7 Å². The van der Waals surface area contributed by atoms with Gasteiger partial charge in [0, 0.05) is 38.5 Å². The minimum Gasteiger partial charge on any atom is -0.493 e. The van der Waals surface area contributed by atoms with Crippen LogP contribution in [0, 0.1) is 0 Å². The topological polar surface area (TPSA) is 93.7 Å². The number of alkyl carbamates (subject to hydrolysis) is 1. The summed E-state index contributed by atoms with van der Waals surface area (Å²) in [4.78, 5) is 20.2. The highest BCUT2D eigenvalue weighted by atomic mass is 32.1. The van der Waals surface area contributed by atoms with Crippen molar-refractivity contribution in [3.05, 3.63) is 23.8 Å². The molecule has 1 aromatic rings. The molecule has 2 fully saturated rings. The molecule has 3 aliphatic rings. The lowest BCUT2D eigenvalue weighted by molar-refractivity contribution is -0.0524. The minimum absolute atomic E-state index is 0.291. The molecule has 2 heterocycles. The molecule has 33 heavy (non-hydrogen) atoms. The number of rotatable bonds is 5. The van der Waals surface area contributed by atoms with Crippen molar-refractivity contribution >= 4 is 29.3 Å². The van der Waals surface area contributed by atoms with E-state index >= 15 is 0 Å². The Hall–Kier alpha value is -2.75. The van der Waals surface area contributed by atoms with Gasteiger partial charge in [0.15, 0.2) is 16.6 Å². The Morgan fingerprint density at radius 1 is 1.21 bits per heavy atom. The molecule has 2 N–H and O–H groups in total. The van der Waals surface area contributed by atoms with Gasteiger partial charge in [-0.25, -0.2) is 4.79 Å². The van der Waals surface area contributed by atoms with Gasteiger partial charge in [-0.15, -0.1) is 0 Å². The summed E-state index contributed by atoms with van der Waals surface area (Å²) in [7, 11) is 3.15. The number of oxime groups is 1. The van der Waals surface area contributed by atoms with Crippen molar-refractivity contribution in [2.24, 2.45) is 5.16 Å². The molecule has 1 aliphatic carbocycles. The van der Waals surface area contributed by atoms with E-state index in [0.29, 0.717) is 36.4 Å². The number of piperidine rings is 1. The minimum atomic E-state index is -0.566. The lowest BCUT2D eigenvalue weighted by atomic mass is 9.88. The monoisotopic (exact) mass is 476 g/mol. The molecule has 0 bridgehead atoms. The van der Waals surface area contributed by atoms with E-state index in [9.17, 15) is 4.79 Å². The molecule has 2 aliphatic heterocycles. The third kappa shape index (κ3) is 5.79. The van der Waals surface area contributed by atoms with Crippen LogP contribution in [0.4, 0.5) is 4.79 Å². The van der Waals surface area contributed by atoms with Gasteiger partial charge >= 0.3 is 6.09 Å². The summed E-state index contributed by atoms with van der Waals surface area (Å²) >= 11 is 5.61. The van der Waals surface area contributed by atoms with Crippen LogP contribution in [0.5, 0.6) is 11.5 Å². The summed E-state index contributed by atoms with van der Waals surface area (Å²) in [6.45, 7) is 1.89. The molecular weight excluding hydrogens is 444 g/mol. The maximum atomic E-state index is 12.3. The molecule has 0 atom stereocenters. The molecule has 1 saturated carbocycles. The zero-order valence-electron chi connectivity index (χ0n) is 19.2. The van der Waals surface area contributed by atoms with Crippen molar-refractivity contribution in [1.29, 1.82) is 0 Å². The van der Waals surface area contributed by atoms with Crippen LogP contribution in [-0.4, -0.2) is 61.0 Å². The van der Waals surface area contributed by atoms with Crippen LogP contribution in [0.25, 0.3) is 0 Å². The molecule has 1 spiro atoms. The fourth-order valence-electron chi connectivity index (χ4n) is 4.57. The number of hydrogen-bond acceptors (Lipinski definition) is 7. The van der Waals surface area contributed by atoms with Crippen molar-refractivity contribution < 1.29 is 23.8 Å². The normalized spacial score (nSPS) is 19.6. The number of carbonyl (C=O) groups excluding carboxylic acids is 1. The Kier molecular flexibility index (Phi) is 7.42. The second kappa shape index (κ2) is 10.5. The predicted molar refractivity (Wildman–Crippen MR) is 128 cm³/mol. The fraction of sp³-hybridized carbons (Fsp3) is 0.609. The van der Waals surface area contributed by atoms with Gasteiger partial charge in [0.05, 0.1) is 20.6 Å². The van der Waals surface area contributed by atoms with Gasteiger partial charge in [-0.1, -0.05) is 24.1 Å². The predicted octanol–water partition coefficient (Wildman–Crippen LogP) is 3.32. The van der Waals surface area contributed by atoms with Crippen LogP contribution < -0.4 is 20.1 Å². The third-order valence-electron chi connectivity index (χ3n) is 6.55. The molecule has 0 unspecified atom stereocenters. The Morgan fingerprint density at radius 2 is 1.94 bits per heavy atom. The molecule has 180 valence electrons. The zero-order chi connectivity index (χ0) is 23.3. The van der Waals surface area contributed by atoms with Crippen molar-refractivity contribution in [2.45, 2.75) is 63.1 Å². The first kappa shape index (κ1) is 23.4. The standard InChI is InChI=1S/C23H32N4O5S/c1-29-18-8-7-16(13-19(18)30-2)15-24-22(28)31-20-14-23(32-26-20)9-11-27(12-10-23)21(33)25-17-5-3-4-6-17/h7-8,13,17H,3-6,9-12,14-15H2,1-2H3,(H,24,28)(H,25,33). The summed E-state index contributed by atoms with van der Waals surface area (Å²) in [5.74, 6) is 1.54. The lowest BCUT2D eigenvalue weighted by Crippen LogP contribution is -2.51. The highest BCUT2D eigenvalue weighted by molar-refractivity contribution is 7.80. The number of hydrogen-bond donors (Lipinski definition) is 2. The van der Waals surface area contributed by atoms with Crippen molar-refractivity contribution in [3.8, 4) is 11.5 Å². The first-order valence-corrected chi connectivity index (χ1v) is 11.9. The number of likely N-dealkylation sites (tertiary alicyclic amines) is 1. The number of amides is 1. The van der Waals surface area contributed by atoms with Gasteiger partial charge < -0.3 is 34.6 Å². The summed E-state index contributed by atoms with van der Waals surface area (Å²) in [5.41, 5.74) is 0.443. The number of methoxy groups -OCH3 is 2. The molecule has 0 radical (unpaired) electrons.